The third-order valence-corrected chi connectivity index (χ3v) is 4.32. The lowest BCUT2D eigenvalue weighted by Gasteiger charge is -2.37. The topological polar surface area (TPSA) is 58.8 Å². The molecule has 0 aliphatic carbocycles. The van der Waals surface area contributed by atoms with Crippen molar-refractivity contribution in [1.82, 2.24) is 9.80 Å². The largest absolute Gasteiger partial charge is 0.368 e. The quantitative estimate of drug-likeness (QED) is 0.734. The number of amides is 1. The van der Waals surface area contributed by atoms with Crippen molar-refractivity contribution in [3.05, 3.63) is 0 Å². The summed E-state index contributed by atoms with van der Waals surface area (Å²) in [5.41, 5.74) is 5.50. The molecule has 0 aromatic carbocycles. The molecule has 5 nitrogen and oxygen atoms in total. The first-order valence-electron chi connectivity index (χ1n) is 8.14. The van der Waals surface area contributed by atoms with Gasteiger partial charge in [0.1, 0.15) is 6.10 Å². The van der Waals surface area contributed by atoms with E-state index in [2.05, 4.69) is 4.90 Å². The van der Waals surface area contributed by atoms with Crippen LogP contribution in [0.3, 0.4) is 0 Å². The molecule has 2 heterocycles. The van der Waals surface area contributed by atoms with Crippen molar-refractivity contribution in [3.8, 4) is 0 Å². The number of nitrogens with two attached hydrogens (primary N) is 1. The monoisotopic (exact) mass is 283 g/mol. The first-order valence-corrected chi connectivity index (χ1v) is 8.14. The number of hydrogen-bond donors (Lipinski definition) is 1. The summed E-state index contributed by atoms with van der Waals surface area (Å²) in [6.07, 6.45) is 6.51. The predicted molar refractivity (Wildman–Crippen MR) is 79.5 cm³/mol. The molecule has 20 heavy (non-hydrogen) atoms. The summed E-state index contributed by atoms with van der Waals surface area (Å²) in [6.45, 7) is 6.40. The Balaban J connectivity index is 1.64. The van der Waals surface area contributed by atoms with E-state index in [0.29, 0.717) is 0 Å². The highest BCUT2D eigenvalue weighted by Crippen LogP contribution is 2.16. The number of carbonyl (C=O) groups is 1. The fourth-order valence-electron chi connectivity index (χ4n) is 2.99. The maximum Gasteiger partial charge on any atom is 0.251 e. The fraction of sp³-hybridized carbons (Fsp3) is 0.933. The summed E-state index contributed by atoms with van der Waals surface area (Å²) >= 11 is 0. The zero-order valence-electron chi connectivity index (χ0n) is 12.6. The van der Waals surface area contributed by atoms with Crippen LogP contribution in [-0.2, 0) is 9.53 Å². The summed E-state index contributed by atoms with van der Waals surface area (Å²) in [5, 5.41) is 0. The molecule has 2 aliphatic rings. The van der Waals surface area contributed by atoms with Gasteiger partial charge in [-0.2, -0.15) is 0 Å². The van der Waals surface area contributed by atoms with Crippen LogP contribution in [0.15, 0.2) is 0 Å². The van der Waals surface area contributed by atoms with E-state index >= 15 is 0 Å². The van der Waals surface area contributed by atoms with Crippen LogP contribution in [0, 0.1) is 0 Å². The van der Waals surface area contributed by atoms with Gasteiger partial charge in [0.15, 0.2) is 0 Å². The number of nitrogens with zero attached hydrogens (tertiary/aromatic N) is 2. The molecule has 0 aromatic rings. The predicted octanol–water partition coefficient (Wildman–Crippen LogP) is 0.829. The molecule has 116 valence electrons. The number of piperazine rings is 1. The molecule has 1 atom stereocenters. The molecule has 0 bridgehead atoms. The van der Waals surface area contributed by atoms with Crippen molar-refractivity contribution in [2.75, 3.05) is 45.9 Å². The van der Waals surface area contributed by atoms with Crippen LogP contribution in [0.25, 0.3) is 0 Å². The highest BCUT2D eigenvalue weighted by Gasteiger charge is 2.28. The van der Waals surface area contributed by atoms with Crippen LogP contribution < -0.4 is 5.73 Å². The molecular weight excluding hydrogens is 254 g/mol. The zero-order chi connectivity index (χ0) is 14.2. The van der Waals surface area contributed by atoms with E-state index in [4.69, 9.17) is 10.5 Å². The van der Waals surface area contributed by atoms with Gasteiger partial charge in [-0.15, -0.1) is 0 Å². The number of unbranched alkanes of at least 4 members (excludes halogenated alkanes) is 2. The van der Waals surface area contributed by atoms with Gasteiger partial charge in [0.25, 0.3) is 5.91 Å². The van der Waals surface area contributed by atoms with E-state index in [1.165, 1.54) is 12.8 Å². The summed E-state index contributed by atoms with van der Waals surface area (Å²) < 4.78 is 5.59. The minimum absolute atomic E-state index is 0.167. The Labute approximate surface area is 122 Å². The van der Waals surface area contributed by atoms with Crippen LogP contribution in [0.5, 0.6) is 0 Å². The van der Waals surface area contributed by atoms with Crippen LogP contribution in [-0.4, -0.2) is 67.7 Å². The number of hydrogen-bond acceptors (Lipinski definition) is 4. The molecule has 2 saturated heterocycles. The van der Waals surface area contributed by atoms with Crippen LogP contribution in [0.2, 0.25) is 0 Å². The molecule has 2 rings (SSSR count). The first kappa shape index (κ1) is 15.7. The normalized spacial score (nSPS) is 24.9. The Morgan fingerprint density at radius 2 is 1.90 bits per heavy atom. The molecule has 0 radical (unpaired) electrons. The molecule has 0 saturated carbocycles. The van der Waals surface area contributed by atoms with Crippen molar-refractivity contribution in [1.29, 1.82) is 0 Å². The van der Waals surface area contributed by atoms with Gasteiger partial charge < -0.3 is 15.4 Å². The second-order valence-corrected chi connectivity index (χ2v) is 5.87. The lowest BCUT2D eigenvalue weighted by molar-refractivity contribution is -0.148. The zero-order valence-corrected chi connectivity index (χ0v) is 12.6. The summed E-state index contributed by atoms with van der Waals surface area (Å²) in [7, 11) is 0. The maximum atomic E-state index is 12.3. The van der Waals surface area contributed by atoms with E-state index in [0.717, 1.165) is 71.6 Å². The Morgan fingerprint density at radius 1 is 1.10 bits per heavy atom. The molecule has 0 spiro atoms. The van der Waals surface area contributed by atoms with Gasteiger partial charge in [0.05, 0.1) is 0 Å². The van der Waals surface area contributed by atoms with Gasteiger partial charge in [-0.1, -0.05) is 6.42 Å². The standard InChI is InChI=1S/C15H29N3O2/c16-7-3-1-4-8-17-9-11-18(12-10-17)15(19)14-6-2-5-13-20-14/h14H,1-13,16H2. The second-order valence-electron chi connectivity index (χ2n) is 5.87. The third-order valence-electron chi connectivity index (χ3n) is 4.32. The SMILES string of the molecule is NCCCCCN1CCN(C(=O)C2CCCCO2)CC1. The molecule has 2 fully saturated rings. The van der Waals surface area contributed by atoms with E-state index in [-0.39, 0.29) is 12.0 Å². The summed E-state index contributed by atoms with van der Waals surface area (Å²) in [5.74, 6) is 0.215. The molecule has 1 unspecified atom stereocenters. The van der Waals surface area contributed by atoms with Crippen molar-refractivity contribution in [2.24, 2.45) is 5.73 Å². The smallest absolute Gasteiger partial charge is 0.251 e. The van der Waals surface area contributed by atoms with Gasteiger partial charge in [-0.3, -0.25) is 9.69 Å². The van der Waals surface area contributed by atoms with E-state index in [1.54, 1.807) is 0 Å². The van der Waals surface area contributed by atoms with E-state index in [1.807, 2.05) is 4.90 Å². The van der Waals surface area contributed by atoms with Gasteiger partial charge in [0, 0.05) is 32.8 Å². The fourth-order valence-corrected chi connectivity index (χ4v) is 2.99. The summed E-state index contributed by atoms with van der Waals surface area (Å²) in [6, 6.07) is 0. The summed E-state index contributed by atoms with van der Waals surface area (Å²) in [4.78, 5) is 16.8. The second kappa shape index (κ2) is 8.60. The van der Waals surface area contributed by atoms with Gasteiger partial charge >= 0.3 is 0 Å². The molecule has 5 heteroatoms. The van der Waals surface area contributed by atoms with Gasteiger partial charge in [0.2, 0.25) is 0 Å². The van der Waals surface area contributed by atoms with Crippen molar-refractivity contribution >= 4 is 5.91 Å². The average Bonchev–Trinajstić information content (AvgIpc) is 2.52. The van der Waals surface area contributed by atoms with E-state index < -0.39 is 0 Å². The minimum atomic E-state index is -0.167. The first-order chi connectivity index (χ1) is 9.81. The average molecular weight is 283 g/mol. The molecule has 2 N–H and O–H groups in total. The van der Waals surface area contributed by atoms with Crippen LogP contribution in [0.1, 0.15) is 38.5 Å². The van der Waals surface area contributed by atoms with Crippen molar-refractivity contribution in [2.45, 2.75) is 44.6 Å². The molecule has 0 aromatic heterocycles. The highest BCUT2D eigenvalue weighted by atomic mass is 16.5. The highest BCUT2D eigenvalue weighted by molar-refractivity contribution is 5.81. The van der Waals surface area contributed by atoms with Crippen LogP contribution >= 0.6 is 0 Å². The molecule has 2 aliphatic heterocycles. The maximum absolute atomic E-state index is 12.3. The Kier molecular flexibility index (Phi) is 6.76. The van der Waals surface area contributed by atoms with Crippen LogP contribution in [0.4, 0.5) is 0 Å². The lowest BCUT2D eigenvalue weighted by atomic mass is 10.1. The van der Waals surface area contributed by atoms with E-state index in [9.17, 15) is 4.79 Å². The van der Waals surface area contributed by atoms with Crippen molar-refractivity contribution in [3.63, 3.8) is 0 Å². The van der Waals surface area contributed by atoms with Gasteiger partial charge in [-0.25, -0.2) is 0 Å². The lowest BCUT2D eigenvalue weighted by Crippen LogP contribution is -2.52. The number of carbonyl (C=O) groups excluding carboxylic acids is 1. The van der Waals surface area contributed by atoms with Gasteiger partial charge in [-0.05, 0) is 45.2 Å². The number of ether oxygens (including phenoxy) is 1. The van der Waals surface area contributed by atoms with Crippen molar-refractivity contribution < 1.29 is 9.53 Å². The molecular formula is C15H29N3O2. The Bertz CT molecular complexity index is 285. The Hall–Kier alpha value is -0.650. The third kappa shape index (κ3) is 4.72. The Morgan fingerprint density at radius 3 is 2.55 bits per heavy atom. The molecule has 1 amide bonds. The number of rotatable bonds is 6. The minimum Gasteiger partial charge on any atom is -0.368 e.